The molecule has 0 aliphatic carbocycles. The highest BCUT2D eigenvalue weighted by atomic mass is 16.8. The average Bonchev–Trinajstić information content (AvgIpc) is 2.17. The lowest BCUT2D eigenvalue weighted by Gasteiger charge is -2.13. The SMILES string of the molecule is CCCCC(CC)COC(=O)OC(=O)O. The van der Waals surface area contributed by atoms with Crippen LogP contribution in [0, 0.1) is 5.92 Å². The van der Waals surface area contributed by atoms with Crippen molar-refractivity contribution in [1.82, 2.24) is 0 Å². The molecule has 0 aliphatic heterocycles. The maximum absolute atomic E-state index is 10.7. The summed E-state index contributed by atoms with van der Waals surface area (Å²) in [5.74, 6) is 0.284. The first kappa shape index (κ1) is 13.7. The van der Waals surface area contributed by atoms with Gasteiger partial charge in [-0.05, 0) is 12.3 Å². The van der Waals surface area contributed by atoms with Crippen molar-refractivity contribution in [2.24, 2.45) is 5.92 Å². The Morgan fingerprint density at radius 1 is 1.33 bits per heavy atom. The van der Waals surface area contributed by atoms with E-state index >= 15 is 0 Å². The van der Waals surface area contributed by atoms with Crippen molar-refractivity contribution < 1.29 is 24.2 Å². The highest BCUT2D eigenvalue weighted by Gasteiger charge is 2.13. The van der Waals surface area contributed by atoms with Crippen molar-refractivity contribution in [3.8, 4) is 0 Å². The molecule has 0 aromatic rings. The van der Waals surface area contributed by atoms with Crippen LogP contribution in [-0.2, 0) is 9.47 Å². The molecule has 0 saturated heterocycles. The van der Waals surface area contributed by atoms with Crippen molar-refractivity contribution >= 4 is 12.3 Å². The molecule has 0 fully saturated rings. The molecule has 0 heterocycles. The fourth-order valence-corrected chi connectivity index (χ4v) is 1.18. The summed E-state index contributed by atoms with van der Waals surface area (Å²) in [5, 5.41) is 8.12. The molecule has 0 spiro atoms. The van der Waals surface area contributed by atoms with E-state index in [-0.39, 0.29) is 12.5 Å². The summed E-state index contributed by atoms with van der Waals surface area (Å²) in [6, 6.07) is 0. The zero-order valence-corrected chi connectivity index (χ0v) is 9.19. The standard InChI is InChI=1S/C10H18O5/c1-3-5-6-8(4-2)7-14-10(13)15-9(11)12/h8H,3-7H2,1-2H3,(H,11,12). The first-order valence-corrected chi connectivity index (χ1v) is 5.17. The predicted molar refractivity (Wildman–Crippen MR) is 53.8 cm³/mol. The van der Waals surface area contributed by atoms with Crippen molar-refractivity contribution in [3.05, 3.63) is 0 Å². The van der Waals surface area contributed by atoms with E-state index in [4.69, 9.17) is 5.11 Å². The summed E-state index contributed by atoms with van der Waals surface area (Å²) in [4.78, 5) is 20.7. The molecule has 1 N–H and O–H groups in total. The molecule has 0 amide bonds. The Morgan fingerprint density at radius 2 is 2.00 bits per heavy atom. The van der Waals surface area contributed by atoms with Gasteiger partial charge in [-0.2, -0.15) is 0 Å². The highest BCUT2D eigenvalue weighted by molar-refractivity contribution is 5.75. The Bertz CT molecular complexity index is 202. The summed E-state index contributed by atoms with van der Waals surface area (Å²) in [6.45, 7) is 4.32. The molecule has 0 aromatic heterocycles. The van der Waals surface area contributed by atoms with Crippen molar-refractivity contribution in [1.29, 1.82) is 0 Å². The van der Waals surface area contributed by atoms with Gasteiger partial charge in [0.15, 0.2) is 0 Å². The Hall–Kier alpha value is -1.26. The van der Waals surface area contributed by atoms with Gasteiger partial charge in [0.25, 0.3) is 0 Å². The molecule has 0 saturated carbocycles. The molecule has 0 rings (SSSR count). The van der Waals surface area contributed by atoms with Gasteiger partial charge in [-0.25, -0.2) is 9.59 Å². The van der Waals surface area contributed by atoms with Crippen molar-refractivity contribution in [3.63, 3.8) is 0 Å². The minimum atomic E-state index is -1.64. The second-order valence-corrected chi connectivity index (χ2v) is 3.35. The number of carboxylic acid groups (broad SMARTS) is 1. The smallest absolute Gasteiger partial charge is 0.449 e. The lowest BCUT2D eigenvalue weighted by molar-refractivity contribution is 0.0444. The van der Waals surface area contributed by atoms with Crippen LogP contribution in [0.25, 0.3) is 0 Å². The van der Waals surface area contributed by atoms with E-state index in [9.17, 15) is 9.59 Å². The molecule has 5 heteroatoms. The van der Waals surface area contributed by atoms with E-state index in [1.807, 2.05) is 6.92 Å². The van der Waals surface area contributed by atoms with Crippen LogP contribution in [0.1, 0.15) is 39.5 Å². The van der Waals surface area contributed by atoms with Crippen LogP contribution in [-0.4, -0.2) is 24.0 Å². The van der Waals surface area contributed by atoms with Gasteiger partial charge in [0.1, 0.15) is 0 Å². The first-order chi connectivity index (χ1) is 7.10. The number of hydrogen-bond donors (Lipinski definition) is 1. The van der Waals surface area contributed by atoms with Crippen LogP contribution in [0.3, 0.4) is 0 Å². The molecule has 0 radical (unpaired) electrons. The molecule has 5 nitrogen and oxygen atoms in total. The minimum absolute atomic E-state index is 0.225. The van der Waals surface area contributed by atoms with E-state index in [0.717, 1.165) is 25.7 Å². The molecular weight excluding hydrogens is 200 g/mol. The Kier molecular flexibility index (Phi) is 7.40. The zero-order valence-electron chi connectivity index (χ0n) is 9.19. The van der Waals surface area contributed by atoms with Crippen molar-refractivity contribution in [2.45, 2.75) is 39.5 Å². The van der Waals surface area contributed by atoms with Crippen molar-refractivity contribution in [2.75, 3.05) is 6.61 Å². The lowest BCUT2D eigenvalue weighted by Crippen LogP contribution is -2.17. The molecule has 15 heavy (non-hydrogen) atoms. The normalized spacial score (nSPS) is 11.9. The number of hydrogen-bond acceptors (Lipinski definition) is 4. The topological polar surface area (TPSA) is 72.8 Å². The Labute approximate surface area is 89.4 Å². The van der Waals surface area contributed by atoms with Crippen LogP contribution in [0.15, 0.2) is 0 Å². The maximum atomic E-state index is 10.7. The summed E-state index contributed by atoms with van der Waals surface area (Å²) in [6.07, 6.45) is 1.28. The van der Waals surface area contributed by atoms with Gasteiger partial charge in [0.2, 0.25) is 0 Å². The molecule has 1 atom stereocenters. The largest absolute Gasteiger partial charge is 0.518 e. The van der Waals surface area contributed by atoms with Crippen LogP contribution in [0.5, 0.6) is 0 Å². The first-order valence-electron chi connectivity index (χ1n) is 5.17. The van der Waals surface area contributed by atoms with Crippen LogP contribution in [0.4, 0.5) is 9.59 Å². The minimum Gasteiger partial charge on any atom is -0.449 e. The fraction of sp³-hybridized carbons (Fsp3) is 0.800. The maximum Gasteiger partial charge on any atom is 0.518 e. The van der Waals surface area contributed by atoms with Gasteiger partial charge < -0.3 is 14.6 Å². The number of carbonyl (C=O) groups excluding carboxylic acids is 1. The number of ether oxygens (including phenoxy) is 2. The summed E-state index contributed by atoms with van der Waals surface area (Å²) in [7, 11) is 0. The van der Waals surface area contributed by atoms with E-state index < -0.39 is 12.3 Å². The monoisotopic (exact) mass is 218 g/mol. The number of carbonyl (C=O) groups is 2. The van der Waals surface area contributed by atoms with E-state index in [0.29, 0.717) is 0 Å². The Balaban J connectivity index is 3.69. The van der Waals surface area contributed by atoms with Crippen LogP contribution >= 0.6 is 0 Å². The Morgan fingerprint density at radius 3 is 2.47 bits per heavy atom. The van der Waals surface area contributed by atoms with Gasteiger partial charge in [-0.3, -0.25) is 0 Å². The van der Waals surface area contributed by atoms with Crippen LogP contribution < -0.4 is 0 Å². The molecule has 0 bridgehead atoms. The third kappa shape index (κ3) is 7.78. The second-order valence-electron chi connectivity index (χ2n) is 3.35. The predicted octanol–water partition coefficient (Wildman–Crippen LogP) is 3.03. The highest BCUT2D eigenvalue weighted by Crippen LogP contribution is 2.13. The van der Waals surface area contributed by atoms with E-state index in [2.05, 4.69) is 16.4 Å². The van der Waals surface area contributed by atoms with Crippen LogP contribution in [0.2, 0.25) is 0 Å². The zero-order chi connectivity index (χ0) is 11.7. The fourth-order valence-electron chi connectivity index (χ4n) is 1.18. The van der Waals surface area contributed by atoms with Gasteiger partial charge in [-0.15, -0.1) is 0 Å². The molecule has 0 aromatic carbocycles. The molecular formula is C10H18O5. The average molecular weight is 218 g/mol. The summed E-state index contributed by atoms with van der Waals surface area (Å²) < 4.78 is 8.47. The second kappa shape index (κ2) is 8.08. The van der Waals surface area contributed by atoms with Gasteiger partial charge in [-0.1, -0.05) is 33.1 Å². The van der Waals surface area contributed by atoms with E-state index in [1.165, 1.54) is 0 Å². The third-order valence-electron chi connectivity index (χ3n) is 2.15. The van der Waals surface area contributed by atoms with Gasteiger partial charge in [0.05, 0.1) is 6.61 Å². The lowest BCUT2D eigenvalue weighted by atomic mass is 10.0. The van der Waals surface area contributed by atoms with Gasteiger partial charge >= 0.3 is 12.3 Å². The number of rotatable bonds is 6. The number of unbranched alkanes of at least 4 members (excludes halogenated alkanes) is 1. The van der Waals surface area contributed by atoms with Gasteiger partial charge in [0, 0.05) is 0 Å². The molecule has 0 aliphatic rings. The quantitative estimate of drug-likeness (QED) is 0.548. The molecule has 1 unspecified atom stereocenters. The summed E-state index contributed by atoms with van der Waals surface area (Å²) >= 11 is 0. The van der Waals surface area contributed by atoms with E-state index in [1.54, 1.807) is 0 Å². The summed E-state index contributed by atoms with van der Waals surface area (Å²) in [5.41, 5.74) is 0. The molecule has 88 valence electrons. The third-order valence-corrected chi connectivity index (χ3v) is 2.15.